The SMILES string of the molecule is CC(C)CNCC1(Cc2ncnn2C)CCCC1. The molecule has 18 heavy (non-hydrogen) atoms. The molecule has 1 heterocycles. The predicted octanol–water partition coefficient (Wildman–Crippen LogP) is 2.16. The van der Waals surface area contributed by atoms with E-state index in [2.05, 4.69) is 29.2 Å². The van der Waals surface area contributed by atoms with Crippen LogP contribution in [0.25, 0.3) is 0 Å². The van der Waals surface area contributed by atoms with Crippen molar-refractivity contribution in [3.05, 3.63) is 12.2 Å². The molecule has 0 aromatic carbocycles. The maximum atomic E-state index is 4.39. The number of aromatic nitrogens is 3. The van der Waals surface area contributed by atoms with Crippen LogP contribution in [-0.2, 0) is 13.5 Å². The van der Waals surface area contributed by atoms with Crippen LogP contribution in [0.15, 0.2) is 6.33 Å². The number of aryl methyl sites for hydroxylation is 1. The summed E-state index contributed by atoms with van der Waals surface area (Å²) >= 11 is 0. The zero-order valence-electron chi connectivity index (χ0n) is 11.9. The van der Waals surface area contributed by atoms with Crippen LogP contribution in [0.2, 0.25) is 0 Å². The summed E-state index contributed by atoms with van der Waals surface area (Å²) in [6, 6.07) is 0. The number of rotatable bonds is 6. The molecule has 0 radical (unpaired) electrons. The molecule has 1 aromatic heterocycles. The van der Waals surface area contributed by atoms with E-state index >= 15 is 0 Å². The fraction of sp³-hybridized carbons (Fsp3) is 0.857. The van der Waals surface area contributed by atoms with Gasteiger partial charge in [0.1, 0.15) is 12.2 Å². The monoisotopic (exact) mass is 250 g/mol. The summed E-state index contributed by atoms with van der Waals surface area (Å²) < 4.78 is 1.92. The van der Waals surface area contributed by atoms with Crippen LogP contribution >= 0.6 is 0 Å². The van der Waals surface area contributed by atoms with Gasteiger partial charge < -0.3 is 5.32 Å². The van der Waals surface area contributed by atoms with Crippen LogP contribution in [0.5, 0.6) is 0 Å². The molecule has 1 N–H and O–H groups in total. The maximum absolute atomic E-state index is 4.39. The van der Waals surface area contributed by atoms with Crippen molar-refractivity contribution in [1.82, 2.24) is 20.1 Å². The minimum absolute atomic E-state index is 0.412. The van der Waals surface area contributed by atoms with Crippen molar-refractivity contribution in [3.8, 4) is 0 Å². The smallest absolute Gasteiger partial charge is 0.138 e. The van der Waals surface area contributed by atoms with E-state index in [-0.39, 0.29) is 0 Å². The fourth-order valence-electron chi connectivity index (χ4n) is 2.98. The van der Waals surface area contributed by atoms with Crippen molar-refractivity contribution in [2.75, 3.05) is 13.1 Å². The Morgan fingerprint density at radius 1 is 1.39 bits per heavy atom. The molecule has 102 valence electrons. The average molecular weight is 250 g/mol. The lowest BCUT2D eigenvalue weighted by molar-refractivity contribution is 0.264. The van der Waals surface area contributed by atoms with Crippen molar-refractivity contribution in [2.45, 2.75) is 46.0 Å². The highest BCUT2D eigenvalue weighted by atomic mass is 15.3. The topological polar surface area (TPSA) is 42.7 Å². The minimum Gasteiger partial charge on any atom is -0.316 e. The lowest BCUT2D eigenvalue weighted by Crippen LogP contribution is -2.36. The highest BCUT2D eigenvalue weighted by Crippen LogP contribution is 2.40. The van der Waals surface area contributed by atoms with Gasteiger partial charge in [-0.15, -0.1) is 0 Å². The Morgan fingerprint density at radius 3 is 2.67 bits per heavy atom. The first-order valence-electron chi connectivity index (χ1n) is 7.15. The van der Waals surface area contributed by atoms with Crippen molar-refractivity contribution in [1.29, 1.82) is 0 Å². The average Bonchev–Trinajstić information content (AvgIpc) is 2.90. The largest absolute Gasteiger partial charge is 0.316 e. The van der Waals surface area contributed by atoms with Gasteiger partial charge in [0.2, 0.25) is 0 Å². The van der Waals surface area contributed by atoms with Crippen molar-refractivity contribution in [3.63, 3.8) is 0 Å². The number of hydrogen-bond acceptors (Lipinski definition) is 3. The van der Waals surface area contributed by atoms with Crippen LogP contribution in [0, 0.1) is 11.3 Å². The summed E-state index contributed by atoms with van der Waals surface area (Å²) in [6.07, 6.45) is 8.10. The molecule has 1 saturated carbocycles. The van der Waals surface area contributed by atoms with Gasteiger partial charge in [0, 0.05) is 20.0 Å². The molecule has 0 atom stereocenters. The van der Waals surface area contributed by atoms with Crippen molar-refractivity contribution < 1.29 is 0 Å². The second kappa shape index (κ2) is 5.83. The van der Waals surface area contributed by atoms with Gasteiger partial charge in [-0.25, -0.2) is 4.98 Å². The molecule has 0 unspecified atom stereocenters. The van der Waals surface area contributed by atoms with E-state index in [0.29, 0.717) is 5.41 Å². The molecule has 0 aliphatic heterocycles. The molecule has 4 nitrogen and oxygen atoms in total. The fourth-order valence-corrected chi connectivity index (χ4v) is 2.98. The zero-order valence-corrected chi connectivity index (χ0v) is 11.9. The second-order valence-corrected chi connectivity index (χ2v) is 6.21. The molecule has 1 fully saturated rings. The van der Waals surface area contributed by atoms with E-state index < -0.39 is 0 Å². The minimum atomic E-state index is 0.412. The van der Waals surface area contributed by atoms with Gasteiger partial charge in [0.05, 0.1) is 0 Å². The third kappa shape index (κ3) is 3.31. The van der Waals surface area contributed by atoms with Gasteiger partial charge in [-0.05, 0) is 30.7 Å². The van der Waals surface area contributed by atoms with Crippen LogP contribution in [0.3, 0.4) is 0 Å². The molecule has 0 bridgehead atoms. The van der Waals surface area contributed by atoms with Gasteiger partial charge in [-0.1, -0.05) is 26.7 Å². The molecular formula is C14H26N4. The summed E-state index contributed by atoms with van der Waals surface area (Å²) in [5, 5.41) is 7.83. The Balaban J connectivity index is 1.96. The highest BCUT2D eigenvalue weighted by Gasteiger charge is 2.34. The molecular weight excluding hydrogens is 224 g/mol. The summed E-state index contributed by atoms with van der Waals surface area (Å²) in [6.45, 7) is 6.76. The van der Waals surface area contributed by atoms with Crippen LogP contribution in [-0.4, -0.2) is 27.9 Å². The molecule has 1 aliphatic carbocycles. The number of hydrogen-bond donors (Lipinski definition) is 1. The first-order chi connectivity index (χ1) is 8.61. The van der Waals surface area contributed by atoms with E-state index in [1.54, 1.807) is 6.33 Å². The first kappa shape index (κ1) is 13.5. The van der Waals surface area contributed by atoms with E-state index in [1.807, 2.05) is 11.7 Å². The summed E-state index contributed by atoms with van der Waals surface area (Å²) in [7, 11) is 1.99. The van der Waals surface area contributed by atoms with Gasteiger partial charge in [-0.3, -0.25) is 4.68 Å². The predicted molar refractivity (Wildman–Crippen MR) is 73.3 cm³/mol. The Hall–Kier alpha value is -0.900. The zero-order chi connectivity index (χ0) is 13.0. The molecule has 0 spiro atoms. The third-order valence-electron chi connectivity index (χ3n) is 4.06. The quantitative estimate of drug-likeness (QED) is 0.841. The Bertz CT molecular complexity index is 364. The summed E-state index contributed by atoms with van der Waals surface area (Å²) in [5.74, 6) is 1.85. The number of nitrogens with one attached hydrogen (secondary N) is 1. The van der Waals surface area contributed by atoms with Gasteiger partial charge >= 0.3 is 0 Å². The standard InChI is InChI=1S/C14H26N4/c1-12(2)9-15-10-14(6-4-5-7-14)8-13-16-11-17-18(13)3/h11-12,15H,4-10H2,1-3H3. The van der Waals surface area contributed by atoms with Gasteiger partial charge in [0.25, 0.3) is 0 Å². The molecule has 4 heteroatoms. The maximum Gasteiger partial charge on any atom is 0.138 e. The highest BCUT2D eigenvalue weighted by molar-refractivity contribution is 4.97. The normalized spacial score (nSPS) is 18.7. The first-order valence-corrected chi connectivity index (χ1v) is 7.15. The lowest BCUT2D eigenvalue weighted by Gasteiger charge is -2.29. The van der Waals surface area contributed by atoms with Gasteiger partial charge in [-0.2, -0.15) is 5.10 Å². The van der Waals surface area contributed by atoms with E-state index in [1.165, 1.54) is 25.7 Å². The second-order valence-electron chi connectivity index (χ2n) is 6.21. The molecule has 0 saturated heterocycles. The Kier molecular flexibility index (Phi) is 4.38. The third-order valence-corrected chi connectivity index (χ3v) is 4.06. The molecule has 1 aliphatic rings. The molecule has 1 aromatic rings. The Labute approximate surface area is 110 Å². The van der Waals surface area contributed by atoms with E-state index in [9.17, 15) is 0 Å². The molecule has 2 rings (SSSR count). The van der Waals surface area contributed by atoms with Gasteiger partial charge in [0.15, 0.2) is 0 Å². The summed E-state index contributed by atoms with van der Waals surface area (Å²) in [4.78, 5) is 4.39. The van der Waals surface area contributed by atoms with Crippen LogP contribution < -0.4 is 5.32 Å². The van der Waals surface area contributed by atoms with Crippen LogP contribution in [0.1, 0.15) is 45.4 Å². The van der Waals surface area contributed by atoms with Crippen molar-refractivity contribution >= 4 is 0 Å². The summed E-state index contributed by atoms with van der Waals surface area (Å²) in [5.41, 5.74) is 0.412. The van der Waals surface area contributed by atoms with E-state index in [4.69, 9.17) is 0 Å². The molecule has 0 amide bonds. The van der Waals surface area contributed by atoms with Crippen molar-refractivity contribution in [2.24, 2.45) is 18.4 Å². The van der Waals surface area contributed by atoms with Crippen LogP contribution in [0.4, 0.5) is 0 Å². The Morgan fingerprint density at radius 2 is 2.11 bits per heavy atom. The van der Waals surface area contributed by atoms with E-state index in [0.717, 1.165) is 31.3 Å². The number of nitrogens with zero attached hydrogens (tertiary/aromatic N) is 3. The lowest BCUT2D eigenvalue weighted by atomic mass is 9.82.